The van der Waals surface area contributed by atoms with E-state index in [0.717, 1.165) is 23.0 Å². The van der Waals surface area contributed by atoms with Crippen LogP contribution in [0.1, 0.15) is 11.5 Å². The molecule has 0 atom stereocenters. The second-order valence-corrected chi connectivity index (χ2v) is 5.37. The van der Waals surface area contributed by atoms with Gasteiger partial charge in [0.1, 0.15) is 10.8 Å². The average molecular weight is 289 g/mol. The van der Waals surface area contributed by atoms with E-state index in [1.165, 1.54) is 18.2 Å². The molecule has 0 aliphatic rings. The number of rotatable bonds is 7. The second kappa shape index (κ2) is 8.15. The van der Waals surface area contributed by atoms with E-state index < -0.39 is 0 Å². The molecule has 0 fully saturated rings. The molecule has 1 heterocycles. The minimum Gasteiger partial charge on any atom is -0.447 e. The molecule has 1 aromatic rings. The average Bonchev–Trinajstić information content (AvgIpc) is 2.72. The lowest BCUT2D eigenvalue weighted by Gasteiger charge is -1.99. The summed E-state index contributed by atoms with van der Waals surface area (Å²) in [6, 6.07) is 0. The van der Waals surface area contributed by atoms with Gasteiger partial charge in [-0.3, -0.25) is 15.1 Å². The molecule has 0 saturated carbocycles. The Labute approximate surface area is 114 Å². The lowest BCUT2D eigenvalue weighted by Crippen LogP contribution is -2.11. The maximum atomic E-state index is 10.3. The van der Waals surface area contributed by atoms with Crippen molar-refractivity contribution in [1.29, 1.82) is 0 Å². The van der Waals surface area contributed by atoms with Crippen molar-refractivity contribution in [2.75, 3.05) is 25.1 Å². The van der Waals surface area contributed by atoms with Gasteiger partial charge in [-0.25, -0.2) is 4.98 Å². The quantitative estimate of drug-likeness (QED) is 0.252. The molecule has 0 amide bonds. The molecule has 0 bridgehead atoms. The SMILES string of the molecule is CSC(C[N+](=O)[O-])=NCCSCc1ocnc1C. The number of nitrogens with zero attached hydrogens (tertiary/aromatic N) is 3. The Bertz CT molecular complexity index is 420. The van der Waals surface area contributed by atoms with E-state index >= 15 is 0 Å². The number of oxazole rings is 1. The molecule has 0 N–H and O–H groups in total. The first-order valence-corrected chi connectivity index (χ1v) is 7.67. The molecule has 1 aromatic heterocycles. The zero-order valence-corrected chi connectivity index (χ0v) is 11.9. The van der Waals surface area contributed by atoms with E-state index in [9.17, 15) is 10.1 Å². The molecular weight excluding hydrogens is 274 g/mol. The van der Waals surface area contributed by atoms with Crippen molar-refractivity contribution in [3.63, 3.8) is 0 Å². The molecule has 0 radical (unpaired) electrons. The Kier molecular flexibility index (Phi) is 6.81. The predicted molar refractivity (Wildman–Crippen MR) is 75.1 cm³/mol. The molecular formula is C10H15N3O3S2. The van der Waals surface area contributed by atoms with Crippen LogP contribution in [0.4, 0.5) is 0 Å². The zero-order chi connectivity index (χ0) is 13.4. The molecule has 0 spiro atoms. The highest BCUT2D eigenvalue weighted by molar-refractivity contribution is 8.13. The van der Waals surface area contributed by atoms with Crippen molar-refractivity contribution in [3.05, 3.63) is 28.0 Å². The fourth-order valence-electron chi connectivity index (χ4n) is 1.15. The largest absolute Gasteiger partial charge is 0.447 e. The highest BCUT2D eigenvalue weighted by atomic mass is 32.2. The van der Waals surface area contributed by atoms with Gasteiger partial charge in [-0.2, -0.15) is 11.8 Å². The highest BCUT2D eigenvalue weighted by Crippen LogP contribution is 2.14. The highest BCUT2D eigenvalue weighted by Gasteiger charge is 2.05. The maximum Gasteiger partial charge on any atom is 0.250 e. The van der Waals surface area contributed by atoms with Gasteiger partial charge in [0.05, 0.1) is 11.4 Å². The van der Waals surface area contributed by atoms with Crippen LogP contribution in [0.25, 0.3) is 0 Å². The summed E-state index contributed by atoms with van der Waals surface area (Å²) < 4.78 is 5.20. The first-order valence-electron chi connectivity index (χ1n) is 5.29. The predicted octanol–water partition coefficient (Wildman–Crippen LogP) is 2.25. The third-order valence-electron chi connectivity index (χ3n) is 2.10. The summed E-state index contributed by atoms with van der Waals surface area (Å²) in [7, 11) is 0. The monoisotopic (exact) mass is 289 g/mol. The van der Waals surface area contributed by atoms with Crippen LogP contribution in [0.5, 0.6) is 0 Å². The third kappa shape index (κ3) is 5.54. The molecule has 0 unspecified atom stereocenters. The number of hydrogen-bond donors (Lipinski definition) is 0. The summed E-state index contributed by atoms with van der Waals surface area (Å²) in [6.45, 7) is 2.30. The molecule has 0 aliphatic carbocycles. The summed E-state index contributed by atoms with van der Waals surface area (Å²) in [5, 5.41) is 10.9. The van der Waals surface area contributed by atoms with E-state index in [4.69, 9.17) is 4.42 Å². The molecule has 0 aliphatic heterocycles. The topological polar surface area (TPSA) is 81.5 Å². The van der Waals surface area contributed by atoms with Gasteiger partial charge >= 0.3 is 0 Å². The van der Waals surface area contributed by atoms with E-state index in [1.54, 1.807) is 18.0 Å². The number of aryl methyl sites for hydroxylation is 1. The van der Waals surface area contributed by atoms with Gasteiger partial charge in [0, 0.05) is 17.2 Å². The number of thioether (sulfide) groups is 2. The zero-order valence-electron chi connectivity index (χ0n) is 10.3. The molecule has 6 nitrogen and oxygen atoms in total. The van der Waals surface area contributed by atoms with E-state index in [-0.39, 0.29) is 11.5 Å². The summed E-state index contributed by atoms with van der Waals surface area (Å²) in [5.74, 6) is 2.44. The van der Waals surface area contributed by atoms with Crippen LogP contribution < -0.4 is 0 Å². The van der Waals surface area contributed by atoms with Crippen LogP contribution in [0.2, 0.25) is 0 Å². The Morgan fingerprint density at radius 3 is 3.00 bits per heavy atom. The van der Waals surface area contributed by atoms with E-state index in [2.05, 4.69) is 9.98 Å². The van der Waals surface area contributed by atoms with Gasteiger partial charge in [0.25, 0.3) is 6.54 Å². The third-order valence-corrected chi connectivity index (χ3v) is 3.77. The summed E-state index contributed by atoms with van der Waals surface area (Å²) >= 11 is 3.00. The first-order chi connectivity index (χ1) is 8.63. The molecule has 100 valence electrons. The number of aliphatic imine (C=N–C) groups is 1. The van der Waals surface area contributed by atoms with Crippen LogP contribution in [0.15, 0.2) is 15.8 Å². The summed E-state index contributed by atoms with van der Waals surface area (Å²) in [6.07, 6.45) is 3.24. The van der Waals surface area contributed by atoms with Crippen molar-refractivity contribution >= 4 is 28.6 Å². The van der Waals surface area contributed by atoms with Gasteiger partial charge in [-0.15, -0.1) is 11.8 Å². The fourth-order valence-corrected chi connectivity index (χ4v) is 2.44. The van der Waals surface area contributed by atoms with Crippen LogP contribution in [-0.4, -0.2) is 40.0 Å². The van der Waals surface area contributed by atoms with Gasteiger partial charge in [-0.05, 0) is 13.2 Å². The maximum absolute atomic E-state index is 10.3. The lowest BCUT2D eigenvalue weighted by molar-refractivity contribution is -0.462. The number of hydrogen-bond acceptors (Lipinski definition) is 7. The van der Waals surface area contributed by atoms with Gasteiger partial charge in [0.2, 0.25) is 0 Å². The van der Waals surface area contributed by atoms with E-state index in [0.29, 0.717) is 11.6 Å². The van der Waals surface area contributed by atoms with Crippen molar-refractivity contribution in [3.8, 4) is 0 Å². The molecule has 8 heteroatoms. The van der Waals surface area contributed by atoms with Gasteiger partial charge in [-0.1, -0.05) is 0 Å². The van der Waals surface area contributed by atoms with Crippen molar-refractivity contribution in [2.45, 2.75) is 12.7 Å². The second-order valence-electron chi connectivity index (χ2n) is 3.38. The Morgan fingerprint density at radius 1 is 1.67 bits per heavy atom. The van der Waals surface area contributed by atoms with Crippen molar-refractivity contribution in [1.82, 2.24) is 4.98 Å². The standard InChI is InChI=1S/C10H15N3O3S2/c1-8-9(16-7-12-8)6-18-4-3-11-10(17-2)5-13(14)15/h7H,3-6H2,1-2H3. The Balaban J connectivity index is 2.23. The smallest absolute Gasteiger partial charge is 0.250 e. The van der Waals surface area contributed by atoms with E-state index in [1.807, 2.05) is 6.92 Å². The molecule has 1 rings (SSSR count). The molecule has 18 heavy (non-hydrogen) atoms. The van der Waals surface area contributed by atoms with Gasteiger partial charge < -0.3 is 4.42 Å². The van der Waals surface area contributed by atoms with Crippen LogP contribution in [0.3, 0.4) is 0 Å². The lowest BCUT2D eigenvalue weighted by atomic mass is 10.4. The minimum absolute atomic E-state index is 0.187. The normalized spacial score (nSPS) is 11.8. The van der Waals surface area contributed by atoms with Crippen LogP contribution >= 0.6 is 23.5 Å². The minimum atomic E-state index is -0.361. The van der Waals surface area contributed by atoms with Crippen molar-refractivity contribution < 1.29 is 9.34 Å². The fraction of sp³-hybridized carbons (Fsp3) is 0.600. The number of aromatic nitrogens is 1. The molecule has 0 aromatic carbocycles. The molecule has 0 saturated heterocycles. The summed E-state index contributed by atoms with van der Waals surface area (Å²) in [5.41, 5.74) is 0.907. The summed E-state index contributed by atoms with van der Waals surface area (Å²) in [4.78, 5) is 18.2. The first kappa shape index (κ1) is 15.0. The Morgan fingerprint density at radius 2 is 2.44 bits per heavy atom. The Hall–Kier alpha value is -1.02. The van der Waals surface area contributed by atoms with Crippen molar-refractivity contribution in [2.24, 2.45) is 4.99 Å². The van der Waals surface area contributed by atoms with Crippen LogP contribution in [-0.2, 0) is 5.75 Å². The number of nitro groups is 1. The van der Waals surface area contributed by atoms with Crippen LogP contribution in [0, 0.1) is 17.0 Å². The van der Waals surface area contributed by atoms with Gasteiger partial charge in [0.15, 0.2) is 6.39 Å².